The van der Waals surface area contributed by atoms with Crippen LogP contribution in [0.2, 0.25) is 0 Å². The summed E-state index contributed by atoms with van der Waals surface area (Å²) in [5.74, 6) is 0. The molecule has 0 heterocycles. The topological polar surface area (TPSA) is 43.7 Å². The minimum absolute atomic E-state index is 0.313. The molecule has 0 aliphatic heterocycles. The van der Waals surface area contributed by atoms with E-state index in [9.17, 15) is 10.2 Å². The van der Waals surface area contributed by atoms with Crippen LogP contribution in [0.1, 0.15) is 229 Å². The number of hydrogen-bond acceptors (Lipinski definition) is 3. The van der Waals surface area contributed by atoms with E-state index in [1.807, 2.05) is 0 Å². The van der Waals surface area contributed by atoms with Gasteiger partial charge in [-0.3, -0.25) is 4.90 Å². The first-order chi connectivity index (χ1) is 20.7. The first-order valence-corrected chi connectivity index (χ1v) is 19.9. The minimum atomic E-state index is -0.739. The first kappa shape index (κ1) is 42.9. The Bertz CT molecular complexity index is 550. The van der Waals surface area contributed by atoms with E-state index in [-0.39, 0.29) is 11.1 Å². The summed E-state index contributed by atoms with van der Waals surface area (Å²) < 4.78 is 0. The molecule has 0 fully saturated rings. The molecule has 3 heteroatoms. The molecular formula is C40H83NO2. The quantitative estimate of drug-likeness (QED) is 0.0821. The fourth-order valence-electron chi connectivity index (χ4n) is 8.31. The van der Waals surface area contributed by atoms with Crippen LogP contribution in [0.5, 0.6) is 0 Å². The zero-order valence-electron chi connectivity index (χ0n) is 31.4. The summed E-state index contributed by atoms with van der Waals surface area (Å²) in [6, 6.07) is 0. The normalized spacial score (nSPS) is 13.4. The Balaban J connectivity index is 8.08. The van der Waals surface area contributed by atoms with Crippen molar-refractivity contribution in [2.24, 2.45) is 0 Å². The standard InChI is InChI=1S/C40H83NO2/c1-10-19-28-37(29-20-11-2,39(42,32-23-14-5)33-24-15-6)41(36-27-18-9)38(30-21-12-3,31-22-13-4)40(43,34-25-16-7)35-26-17-8/h42-43H,10-36H2,1-9H3. The van der Waals surface area contributed by atoms with Gasteiger partial charge in [-0.25, -0.2) is 0 Å². The Kier molecular flexibility index (Phi) is 24.0. The van der Waals surface area contributed by atoms with Crippen molar-refractivity contribution >= 4 is 0 Å². The van der Waals surface area contributed by atoms with Gasteiger partial charge in [0, 0.05) is 0 Å². The zero-order valence-corrected chi connectivity index (χ0v) is 31.4. The molecule has 0 aliphatic rings. The molecule has 0 unspecified atom stereocenters. The summed E-state index contributed by atoms with van der Waals surface area (Å²) in [5.41, 5.74) is -2.10. The number of unbranched alkanes of at least 4 members (excludes halogenated alkanes) is 9. The molecule has 0 aromatic heterocycles. The average Bonchev–Trinajstić information content (AvgIpc) is 3.02. The predicted octanol–water partition coefficient (Wildman–Crippen LogP) is 12.5. The lowest BCUT2D eigenvalue weighted by Gasteiger charge is -2.65. The van der Waals surface area contributed by atoms with E-state index >= 15 is 0 Å². The molecule has 0 aliphatic carbocycles. The first-order valence-electron chi connectivity index (χ1n) is 19.9. The molecule has 0 rings (SSSR count). The summed E-state index contributed by atoms with van der Waals surface area (Å²) in [6.45, 7) is 21.8. The highest BCUT2D eigenvalue weighted by Crippen LogP contribution is 2.54. The third-order valence-corrected chi connectivity index (χ3v) is 11.1. The van der Waals surface area contributed by atoms with Crippen molar-refractivity contribution in [2.75, 3.05) is 6.54 Å². The second kappa shape index (κ2) is 24.1. The zero-order chi connectivity index (χ0) is 32.7. The third-order valence-electron chi connectivity index (χ3n) is 11.1. The Morgan fingerprint density at radius 3 is 0.744 bits per heavy atom. The molecule has 0 atom stereocenters. The van der Waals surface area contributed by atoms with E-state index in [0.717, 1.165) is 173 Å². The molecule has 0 bridgehead atoms. The van der Waals surface area contributed by atoms with E-state index in [0.29, 0.717) is 0 Å². The van der Waals surface area contributed by atoms with Gasteiger partial charge in [0.25, 0.3) is 0 Å². The van der Waals surface area contributed by atoms with Gasteiger partial charge in [0.15, 0.2) is 0 Å². The molecule has 260 valence electrons. The second-order valence-electron chi connectivity index (χ2n) is 14.5. The molecule has 0 radical (unpaired) electrons. The highest BCUT2D eigenvalue weighted by atomic mass is 16.3. The highest BCUT2D eigenvalue weighted by molar-refractivity contribution is 5.16. The number of hydrogen-bond donors (Lipinski definition) is 2. The van der Waals surface area contributed by atoms with Crippen LogP contribution in [0.15, 0.2) is 0 Å². The maximum absolute atomic E-state index is 13.4. The monoisotopic (exact) mass is 610 g/mol. The van der Waals surface area contributed by atoms with Gasteiger partial charge in [-0.1, -0.05) is 171 Å². The van der Waals surface area contributed by atoms with E-state index in [2.05, 4.69) is 67.2 Å². The molecule has 0 aromatic carbocycles. The molecule has 43 heavy (non-hydrogen) atoms. The lowest BCUT2D eigenvalue weighted by Crippen LogP contribution is -2.76. The van der Waals surface area contributed by atoms with E-state index in [1.54, 1.807) is 0 Å². The fourth-order valence-corrected chi connectivity index (χ4v) is 8.31. The van der Waals surface area contributed by atoms with E-state index < -0.39 is 11.2 Å². The molecule has 2 N–H and O–H groups in total. The van der Waals surface area contributed by atoms with Gasteiger partial charge in [0.1, 0.15) is 0 Å². The van der Waals surface area contributed by atoms with Crippen LogP contribution in [-0.2, 0) is 0 Å². The number of rotatable bonds is 31. The molecule has 0 spiro atoms. The van der Waals surface area contributed by atoms with Crippen molar-refractivity contribution in [1.29, 1.82) is 0 Å². The summed E-state index contributed by atoms with van der Waals surface area (Å²) in [7, 11) is 0. The summed E-state index contributed by atoms with van der Waals surface area (Å²) in [6.07, 6.45) is 28.0. The lowest BCUT2D eigenvalue weighted by atomic mass is 9.60. The molecule has 0 aromatic rings. The van der Waals surface area contributed by atoms with Crippen LogP contribution >= 0.6 is 0 Å². The summed E-state index contributed by atoms with van der Waals surface area (Å²) >= 11 is 0. The third kappa shape index (κ3) is 12.2. The van der Waals surface area contributed by atoms with Crippen molar-refractivity contribution < 1.29 is 10.2 Å². The van der Waals surface area contributed by atoms with E-state index in [1.165, 1.54) is 0 Å². The number of nitrogens with zero attached hydrogens (tertiary/aromatic N) is 1. The van der Waals surface area contributed by atoms with Crippen molar-refractivity contribution in [1.82, 2.24) is 4.90 Å². The summed E-state index contributed by atoms with van der Waals surface area (Å²) in [4.78, 5) is 2.94. The predicted molar refractivity (Wildman–Crippen MR) is 193 cm³/mol. The highest BCUT2D eigenvalue weighted by Gasteiger charge is 2.61. The Hall–Kier alpha value is -0.120. The average molecular weight is 610 g/mol. The van der Waals surface area contributed by atoms with Crippen LogP contribution in [0.3, 0.4) is 0 Å². The molecule has 0 saturated heterocycles. The Labute approximate surface area is 272 Å². The van der Waals surface area contributed by atoms with E-state index in [4.69, 9.17) is 0 Å². The van der Waals surface area contributed by atoms with Gasteiger partial charge in [0.2, 0.25) is 0 Å². The molecule has 0 saturated carbocycles. The van der Waals surface area contributed by atoms with Gasteiger partial charge in [-0.2, -0.15) is 0 Å². The maximum Gasteiger partial charge on any atom is 0.0830 e. The minimum Gasteiger partial charge on any atom is -0.388 e. The molecular weight excluding hydrogens is 526 g/mol. The van der Waals surface area contributed by atoms with Crippen molar-refractivity contribution in [3.05, 3.63) is 0 Å². The number of aliphatic hydroxyl groups is 2. The van der Waals surface area contributed by atoms with Gasteiger partial charge in [0.05, 0.1) is 22.3 Å². The van der Waals surface area contributed by atoms with Crippen molar-refractivity contribution in [3.63, 3.8) is 0 Å². The van der Waals surface area contributed by atoms with Crippen LogP contribution in [-0.4, -0.2) is 43.9 Å². The van der Waals surface area contributed by atoms with Gasteiger partial charge < -0.3 is 10.2 Å². The van der Waals surface area contributed by atoms with Crippen LogP contribution in [0.25, 0.3) is 0 Å². The SMILES string of the molecule is CCCCN(C(CCCC)(CCCC)C(O)(CCCC)CCCC)C(CCCC)(CCCC)C(O)(CCCC)CCCC. The Morgan fingerprint density at radius 2 is 0.535 bits per heavy atom. The van der Waals surface area contributed by atoms with Gasteiger partial charge in [-0.15, -0.1) is 0 Å². The molecule has 3 nitrogen and oxygen atoms in total. The van der Waals surface area contributed by atoms with Crippen molar-refractivity contribution in [3.8, 4) is 0 Å². The van der Waals surface area contributed by atoms with Crippen LogP contribution in [0, 0.1) is 0 Å². The van der Waals surface area contributed by atoms with Gasteiger partial charge >= 0.3 is 0 Å². The fraction of sp³-hybridized carbons (Fsp3) is 1.00. The summed E-state index contributed by atoms with van der Waals surface area (Å²) in [5, 5.41) is 26.8. The largest absolute Gasteiger partial charge is 0.388 e. The Morgan fingerprint density at radius 1 is 0.326 bits per heavy atom. The smallest absolute Gasteiger partial charge is 0.0830 e. The second-order valence-corrected chi connectivity index (χ2v) is 14.5. The van der Waals surface area contributed by atoms with Crippen LogP contribution < -0.4 is 0 Å². The lowest BCUT2D eigenvalue weighted by molar-refractivity contribution is -0.223. The van der Waals surface area contributed by atoms with Gasteiger partial charge in [-0.05, 0) is 64.3 Å². The van der Waals surface area contributed by atoms with Crippen LogP contribution in [0.4, 0.5) is 0 Å². The maximum atomic E-state index is 13.4. The van der Waals surface area contributed by atoms with Crippen molar-refractivity contribution in [2.45, 2.75) is 252 Å². The molecule has 0 amide bonds.